The molecule has 88 valence electrons. The first-order valence-electron chi connectivity index (χ1n) is 5.09. The third-order valence-electron chi connectivity index (χ3n) is 2.06. The second-order valence-corrected chi connectivity index (χ2v) is 4.63. The Hall–Kier alpha value is -1.62. The number of benzene rings is 1. The number of halogens is 1. The van der Waals surface area contributed by atoms with Crippen LogP contribution in [-0.4, -0.2) is 9.97 Å². The topological polar surface area (TPSA) is 61.0 Å². The summed E-state index contributed by atoms with van der Waals surface area (Å²) in [5.74, 6) is 1.85. The van der Waals surface area contributed by atoms with E-state index in [2.05, 4.69) is 25.9 Å². The zero-order valence-corrected chi connectivity index (χ0v) is 11.2. The van der Waals surface area contributed by atoms with E-state index in [4.69, 9.17) is 10.5 Å². The van der Waals surface area contributed by atoms with Crippen LogP contribution in [0.2, 0.25) is 0 Å². The molecule has 1 aromatic heterocycles. The summed E-state index contributed by atoms with van der Waals surface area (Å²) in [4.78, 5) is 8.39. The van der Waals surface area contributed by atoms with Gasteiger partial charge in [-0.2, -0.15) is 4.98 Å². The first-order valence-corrected chi connectivity index (χ1v) is 5.88. The van der Waals surface area contributed by atoms with Gasteiger partial charge in [0.05, 0.1) is 0 Å². The monoisotopic (exact) mass is 293 g/mol. The molecule has 0 aliphatic heterocycles. The van der Waals surface area contributed by atoms with E-state index in [0.29, 0.717) is 23.1 Å². The fourth-order valence-corrected chi connectivity index (χ4v) is 1.99. The third kappa shape index (κ3) is 3.17. The van der Waals surface area contributed by atoms with Crippen molar-refractivity contribution in [3.8, 4) is 11.6 Å². The maximum Gasteiger partial charge on any atom is 0.222 e. The summed E-state index contributed by atoms with van der Waals surface area (Å²) >= 11 is 3.36. The molecule has 0 aliphatic carbocycles. The minimum absolute atomic E-state index is 0.521. The van der Waals surface area contributed by atoms with E-state index in [1.807, 2.05) is 26.0 Å². The first kappa shape index (κ1) is 11.9. The highest BCUT2D eigenvalue weighted by molar-refractivity contribution is 9.10. The Balaban J connectivity index is 2.31. The van der Waals surface area contributed by atoms with Crippen LogP contribution < -0.4 is 10.5 Å². The van der Waals surface area contributed by atoms with Crippen LogP contribution in [0.1, 0.15) is 11.5 Å². The maximum absolute atomic E-state index is 5.73. The molecule has 0 spiro atoms. The van der Waals surface area contributed by atoms with Gasteiger partial charge in [-0.3, -0.25) is 0 Å². The molecule has 0 radical (unpaired) electrons. The summed E-state index contributed by atoms with van der Waals surface area (Å²) in [5, 5.41) is 0. The van der Waals surface area contributed by atoms with Crippen molar-refractivity contribution in [1.29, 1.82) is 0 Å². The molecule has 1 aromatic carbocycles. The standard InChI is InChI=1S/C12H12BrN3O/c1-7-3-12(16-8(2)15-7)17-11-5-9(13)4-10(14)6-11/h3-6H,14H2,1-2H3. The smallest absolute Gasteiger partial charge is 0.222 e. The Morgan fingerprint density at radius 3 is 2.53 bits per heavy atom. The normalized spacial score (nSPS) is 10.3. The van der Waals surface area contributed by atoms with Crippen LogP contribution in [0.3, 0.4) is 0 Å². The minimum Gasteiger partial charge on any atom is -0.439 e. The van der Waals surface area contributed by atoms with Crippen LogP contribution in [0.15, 0.2) is 28.7 Å². The van der Waals surface area contributed by atoms with Gasteiger partial charge in [0, 0.05) is 28.0 Å². The average Bonchev–Trinajstić information content (AvgIpc) is 2.13. The number of hydrogen-bond donors (Lipinski definition) is 1. The summed E-state index contributed by atoms with van der Waals surface area (Å²) < 4.78 is 6.51. The van der Waals surface area contributed by atoms with Crippen molar-refractivity contribution in [3.63, 3.8) is 0 Å². The highest BCUT2D eigenvalue weighted by Gasteiger charge is 2.03. The van der Waals surface area contributed by atoms with Gasteiger partial charge >= 0.3 is 0 Å². The van der Waals surface area contributed by atoms with E-state index < -0.39 is 0 Å². The molecule has 4 nitrogen and oxygen atoms in total. The fourth-order valence-electron chi connectivity index (χ4n) is 1.50. The highest BCUT2D eigenvalue weighted by atomic mass is 79.9. The van der Waals surface area contributed by atoms with Gasteiger partial charge in [-0.05, 0) is 26.0 Å². The molecule has 2 N–H and O–H groups in total. The Bertz CT molecular complexity index is 467. The van der Waals surface area contributed by atoms with E-state index in [-0.39, 0.29) is 0 Å². The van der Waals surface area contributed by atoms with Crippen molar-refractivity contribution in [2.45, 2.75) is 13.8 Å². The van der Waals surface area contributed by atoms with Crippen molar-refractivity contribution in [2.75, 3.05) is 5.73 Å². The molecule has 0 bridgehead atoms. The number of nitrogen functional groups attached to an aromatic ring is 1. The number of hydrogen-bond acceptors (Lipinski definition) is 4. The molecule has 0 saturated heterocycles. The summed E-state index contributed by atoms with van der Waals surface area (Å²) in [5.41, 5.74) is 7.24. The Morgan fingerprint density at radius 2 is 1.88 bits per heavy atom. The van der Waals surface area contributed by atoms with Gasteiger partial charge < -0.3 is 10.5 Å². The van der Waals surface area contributed by atoms with Crippen LogP contribution in [0, 0.1) is 13.8 Å². The second kappa shape index (κ2) is 4.71. The van der Waals surface area contributed by atoms with Crippen molar-refractivity contribution in [1.82, 2.24) is 9.97 Å². The number of aryl methyl sites for hydroxylation is 2. The minimum atomic E-state index is 0.521. The molecule has 17 heavy (non-hydrogen) atoms. The zero-order chi connectivity index (χ0) is 12.4. The molecule has 0 fully saturated rings. The molecule has 2 aromatic rings. The molecule has 0 atom stereocenters. The maximum atomic E-state index is 5.73. The number of rotatable bonds is 2. The van der Waals surface area contributed by atoms with E-state index in [1.165, 1.54) is 0 Å². The van der Waals surface area contributed by atoms with Gasteiger partial charge in [-0.15, -0.1) is 0 Å². The molecular formula is C12H12BrN3O. The van der Waals surface area contributed by atoms with Crippen LogP contribution in [0.5, 0.6) is 11.6 Å². The van der Waals surface area contributed by atoms with Crippen LogP contribution in [-0.2, 0) is 0 Å². The molecule has 0 saturated carbocycles. The number of aromatic nitrogens is 2. The number of anilines is 1. The predicted molar refractivity (Wildman–Crippen MR) is 70.1 cm³/mol. The quantitative estimate of drug-likeness (QED) is 0.864. The molecule has 1 heterocycles. The van der Waals surface area contributed by atoms with E-state index in [0.717, 1.165) is 10.2 Å². The molecule has 0 aliphatic rings. The zero-order valence-electron chi connectivity index (χ0n) is 9.57. The predicted octanol–water partition coefficient (Wildman–Crippen LogP) is 3.23. The van der Waals surface area contributed by atoms with Crippen molar-refractivity contribution in [2.24, 2.45) is 0 Å². The van der Waals surface area contributed by atoms with E-state index >= 15 is 0 Å². The molecule has 0 amide bonds. The molecule has 0 unspecified atom stereocenters. The van der Waals surface area contributed by atoms with Gasteiger partial charge in [0.2, 0.25) is 5.88 Å². The second-order valence-electron chi connectivity index (χ2n) is 3.72. The lowest BCUT2D eigenvalue weighted by Crippen LogP contribution is -1.95. The van der Waals surface area contributed by atoms with E-state index in [9.17, 15) is 0 Å². The number of nitrogens with two attached hydrogens (primary N) is 1. The summed E-state index contributed by atoms with van der Waals surface area (Å²) in [6.45, 7) is 3.73. The Morgan fingerprint density at radius 1 is 1.12 bits per heavy atom. The van der Waals surface area contributed by atoms with E-state index in [1.54, 1.807) is 12.1 Å². The number of ether oxygens (including phenoxy) is 1. The first-order chi connectivity index (χ1) is 8.02. The highest BCUT2D eigenvalue weighted by Crippen LogP contribution is 2.26. The Labute approximate surface area is 108 Å². The molecular weight excluding hydrogens is 282 g/mol. The van der Waals surface area contributed by atoms with Crippen molar-refractivity contribution in [3.05, 3.63) is 40.3 Å². The van der Waals surface area contributed by atoms with Gasteiger partial charge in [-0.25, -0.2) is 4.98 Å². The lowest BCUT2D eigenvalue weighted by molar-refractivity contribution is 0.459. The van der Waals surface area contributed by atoms with Crippen molar-refractivity contribution < 1.29 is 4.74 Å². The van der Waals surface area contributed by atoms with Crippen molar-refractivity contribution >= 4 is 21.6 Å². The Kier molecular flexibility index (Phi) is 3.28. The lowest BCUT2D eigenvalue weighted by Gasteiger charge is -2.07. The summed E-state index contributed by atoms with van der Waals surface area (Å²) in [7, 11) is 0. The summed E-state index contributed by atoms with van der Waals surface area (Å²) in [6.07, 6.45) is 0. The van der Waals surface area contributed by atoms with Gasteiger partial charge in [0.25, 0.3) is 0 Å². The third-order valence-corrected chi connectivity index (χ3v) is 2.52. The average molecular weight is 294 g/mol. The van der Waals surface area contributed by atoms with Crippen LogP contribution >= 0.6 is 15.9 Å². The van der Waals surface area contributed by atoms with Crippen LogP contribution in [0.4, 0.5) is 5.69 Å². The molecule has 2 rings (SSSR count). The summed E-state index contributed by atoms with van der Waals surface area (Å²) in [6, 6.07) is 7.17. The van der Waals surface area contributed by atoms with Gasteiger partial charge in [0.15, 0.2) is 0 Å². The SMILES string of the molecule is Cc1cc(Oc2cc(N)cc(Br)c2)nc(C)n1. The lowest BCUT2D eigenvalue weighted by atomic mass is 10.3. The fraction of sp³-hybridized carbons (Fsp3) is 0.167. The van der Waals surface area contributed by atoms with Gasteiger partial charge in [0.1, 0.15) is 11.6 Å². The van der Waals surface area contributed by atoms with Crippen LogP contribution in [0.25, 0.3) is 0 Å². The molecule has 5 heteroatoms. The number of nitrogens with zero attached hydrogens (tertiary/aromatic N) is 2. The van der Waals surface area contributed by atoms with Gasteiger partial charge in [-0.1, -0.05) is 15.9 Å². The largest absolute Gasteiger partial charge is 0.439 e.